The summed E-state index contributed by atoms with van der Waals surface area (Å²) in [5, 5.41) is 12.5. The van der Waals surface area contributed by atoms with E-state index in [0.717, 1.165) is 25.6 Å². The second-order valence-corrected chi connectivity index (χ2v) is 5.82. The summed E-state index contributed by atoms with van der Waals surface area (Å²) in [4.78, 5) is 7.00. The Hall–Kier alpha value is -1.55. The van der Waals surface area contributed by atoms with E-state index in [2.05, 4.69) is 52.5 Å². The Kier molecular flexibility index (Phi) is 6.05. The first-order valence-electron chi connectivity index (χ1n) is 7.93. The molecule has 4 nitrogen and oxygen atoms in total. The fourth-order valence-corrected chi connectivity index (χ4v) is 2.68. The average molecular weight is 289 g/mol. The van der Waals surface area contributed by atoms with Crippen LogP contribution in [0.25, 0.3) is 0 Å². The van der Waals surface area contributed by atoms with Crippen molar-refractivity contribution in [2.24, 2.45) is 10.9 Å². The Bertz CT molecular complexity index is 447. The molecule has 2 atom stereocenters. The number of nitrogens with zero attached hydrogens (tertiary/aromatic N) is 2. The van der Waals surface area contributed by atoms with Gasteiger partial charge >= 0.3 is 0 Å². The molecule has 1 heterocycles. The van der Waals surface area contributed by atoms with E-state index in [9.17, 15) is 0 Å². The minimum atomic E-state index is 0.190. The summed E-state index contributed by atoms with van der Waals surface area (Å²) in [6.07, 6.45) is 1.17. The smallest absolute Gasteiger partial charge is 0.193 e. The van der Waals surface area contributed by atoms with Gasteiger partial charge in [-0.25, -0.2) is 0 Å². The maximum atomic E-state index is 9.13. The van der Waals surface area contributed by atoms with Crippen LogP contribution in [0.5, 0.6) is 0 Å². The van der Waals surface area contributed by atoms with Crippen molar-refractivity contribution in [2.75, 3.05) is 32.8 Å². The maximum absolute atomic E-state index is 9.13. The van der Waals surface area contributed by atoms with Crippen molar-refractivity contribution >= 4 is 5.96 Å². The molecule has 2 rings (SSSR count). The van der Waals surface area contributed by atoms with Gasteiger partial charge in [0.25, 0.3) is 0 Å². The van der Waals surface area contributed by atoms with Gasteiger partial charge in [-0.2, -0.15) is 0 Å². The molecule has 1 aliphatic heterocycles. The first kappa shape index (κ1) is 15.8. The molecule has 21 heavy (non-hydrogen) atoms. The molecule has 1 saturated heterocycles. The molecule has 4 heteroatoms. The van der Waals surface area contributed by atoms with Crippen LogP contribution in [0.4, 0.5) is 0 Å². The Morgan fingerprint density at radius 2 is 2.19 bits per heavy atom. The first-order valence-corrected chi connectivity index (χ1v) is 7.93. The zero-order chi connectivity index (χ0) is 15.1. The lowest BCUT2D eigenvalue weighted by molar-refractivity contribution is 0.241. The predicted molar refractivity (Wildman–Crippen MR) is 87.6 cm³/mol. The largest absolute Gasteiger partial charge is 0.396 e. The van der Waals surface area contributed by atoms with Gasteiger partial charge in [0.1, 0.15) is 0 Å². The van der Waals surface area contributed by atoms with Crippen LogP contribution in [0, 0.1) is 5.92 Å². The molecule has 2 unspecified atom stereocenters. The van der Waals surface area contributed by atoms with E-state index < -0.39 is 0 Å². The van der Waals surface area contributed by atoms with E-state index in [4.69, 9.17) is 5.11 Å². The molecule has 0 spiro atoms. The van der Waals surface area contributed by atoms with E-state index in [1.165, 1.54) is 12.0 Å². The Balaban J connectivity index is 1.99. The zero-order valence-corrected chi connectivity index (χ0v) is 13.1. The third-order valence-corrected chi connectivity index (χ3v) is 3.96. The number of likely N-dealkylation sites (tertiary alicyclic amines) is 1. The standard InChI is InChI=1S/C17H27N3O/c1-3-18-17(19-11-14(2)13-21)20-10-9-16(12-20)15-7-5-4-6-8-15/h4-8,14,16,21H,3,9-13H2,1-2H3,(H,18,19). The van der Waals surface area contributed by atoms with Crippen LogP contribution in [0.1, 0.15) is 31.7 Å². The SMILES string of the molecule is CCNC(=NCC(C)CO)N1CCC(c2ccccc2)C1. The van der Waals surface area contributed by atoms with E-state index in [0.29, 0.717) is 12.5 Å². The molecule has 116 valence electrons. The van der Waals surface area contributed by atoms with Crippen LogP contribution in [0.3, 0.4) is 0 Å². The molecule has 0 saturated carbocycles. The summed E-state index contributed by atoms with van der Waals surface area (Å²) >= 11 is 0. The highest BCUT2D eigenvalue weighted by molar-refractivity contribution is 5.80. The molecule has 0 aliphatic carbocycles. The predicted octanol–water partition coefficient (Wildman–Crippen LogP) is 2.07. The summed E-state index contributed by atoms with van der Waals surface area (Å²) < 4.78 is 0. The summed E-state index contributed by atoms with van der Waals surface area (Å²) in [5.41, 5.74) is 1.42. The molecule has 2 N–H and O–H groups in total. The molecule has 0 bridgehead atoms. The van der Waals surface area contributed by atoms with Crippen LogP contribution in [-0.2, 0) is 0 Å². The van der Waals surface area contributed by atoms with Crippen molar-refractivity contribution in [3.8, 4) is 0 Å². The number of guanidine groups is 1. The van der Waals surface area contributed by atoms with Gasteiger partial charge in [-0.3, -0.25) is 4.99 Å². The molecule has 0 radical (unpaired) electrons. The highest BCUT2D eigenvalue weighted by Crippen LogP contribution is 2.26. The van der Waals surface area contributed by atoms with Crippen molar-refractivity contribution in [3.63, 3.8) is 0 Å². The number of benzene rings is 1. The second-order valence-electron chi connectivity index (χ2n) is 5.82. The van der Waals surface area contributed by atoms with Gasteiger partial charge in [-0.15, -0.1) is 0 Å². The highest BCUT2D eigenvalue weighted by atomic mass is 16.3. The molecule has 0 aromatic heterocycles. The number of hydrogen-bond donors (Lipinski definition) is 2. The van der Waals surface area contributed by atoms with Crippen LogP contribution < -0.4 is 5.32 Å². The zero-order valence-electron chi connectivity index (χ0n) is 13.1. The van der Waals surface area contributed by atoms with E-state index in [1.54, 1.807) is 0 Å². The molecule has 1 fully saturated rings. The van der Waals surface area contributed by atoms with E-state index in [1.807, 2.05) is 6.92 Å². The molecular weight excluding hydrogens is 262 g/mol. The lowest BCUT2D eigenvalue weighted by atomic mass is 9.99. The van der Waals surface area contributed by atoms with Gasteiger partial charge < -0.3 is 15.3 Å². The minimum absolute atomic E-state index is 0.190. The quantitative estimate of drug-likeness (QED) is 0.644. The average Bonchev–Trinajstić information content (AvgIpc) is 3.01. The third kappa shape index (κ3) is 4.46. The van der Waals surface area contributed by atoms with E-state index >= 15 is 0 Å². The highest BCUT2D eigenvalue weighted by Gasteiger charge is 2.25. The monoisotopic (exact) mass is 289 g/mol. The molecule has 1 aliphatic rings. The number of hydrogen-bond acceptors (Lipinski definition) is 2. The second kappa shape index (κ2) is 8.03. The Morgan fingerprint density at radius 1 is 1.43 bits per heavy atom. The number of aliphatic imine (C=N–C) groups is 1. The molecule has 1 aromatic rings. The molecule has 0 amide bonds. The van der Waals surface area contributed by atoms with Crippen LogP contribution in [-0.4, -0.2) is 48.8 Å². The van der Waals surface area contributed by atoms with Gasteiger partial charge in [-0.1, -0.05) is 37.3 Å². The number of nitrogens with one attached hydrogen (secondary N) is 1. The van der Waals surface area contributed by atoms with Crippen molar-refractivity contribution in [2.45, 2.75) is 26.2 Å². The van der Waals surface area contributed by atoms with Crippen LogP contribution >= 0.6 is 0 Å². The van der Waals surface area contributed by atoms with Gasteiger partial charge in [0.05, 0.1) is 0 Å². The lowest BCUT2D eigenvalue weighted by Crippen LogP contribution is -2.40. The lowest BCUT2D eigenvalue weighted by Gasteiger charge is -2.22. The van der Waals surface area contributed by atoms with Gasteiger partial charge in [-0.05, 0) is 24.8 Å². The van der Waals surface area contributed by atoms with Crippen molar-refractivity contribution in [1.29, 1.82) is 0 Å². The number of rotatable bonds is 5. The third-order valence-electron chi connectivity index (χ3n) is 3.96. The van der Waals surface area contributed by atoms with Crippen LogP contribution in [0.2, 0.25) is 0 Å². The summed E-state index contributed by atoms with van der Waals surface area (Å²) in [6.45, 7) is 7.90. The van der Waals surface area contributed by atoms with Crippen molar-refractivity contribution < 1.29 is 5.11 Å². The number of aliphatic hydroxyl groups excluding tert-OH is 1. The van der Waals surface area contributed by atoms with Crippen molar-refractivity contribution in [1.82, 2.24) is 10.2 Å². The van der Waals surface area contributed by atoms with Gasteiger partial charge in [0, 0.05) is 38.7 Å². The normalized spacial score (nSPS) is 20.6. The van der Waals surface area contributed by atoms with Gasteiger partial charge in [0.15, 0.2) is 5.96 Å². The molecule has 1 aromatic carbocycles. The van der Waals surface area contributed by atoms with E-state index in [-0.39, 0.29) is 12.5 Å². The molecular formula is C17H27N3O. The van der Waals surface area contributed by atoms with Crippen LogP contribution in [0.15, 0.2) is 35.3 Å². The Morgan fingerprint density at radius 3 is 2.86 bits per heavy atom. The van der Waals surface area contributed by atoms with Crippen molar-refractivity contribution in [3.05, 3.63) is 35.9 Å². The minimum Gasteiger partial charge on any atom is -0.396 e. The first-order chi connectivity index (χ1) is 10.2. The topological polar surface area (TPSA) is 47.9 Å². The fourth-order valence-electron chi connectivity index (χ4n) is 2.68. The summed E-state index contributed by atoms with van der Waals surface area (Å²) in [6, 6.07) is 10.7. The Labute approximate surface area is 127 Å². The van der Waals surface area contributed by atoms with Gasteiger partial charge in [0.2, 0.25) is 0 Å². The summed E-state index contributed by atoms with van der Waals surface area (Å²) in [5.74, 6) is 1.78. The maximum Gasteiger partial charge on any atom is 0.193 e. The number of aliphatic hydroxyl groups is 1. The summed E-state index contributed by atoms with van der Waals surface area (Å²) in [7, 11) is 0. The fraction of sp³-hybridized carbons (Fsp3) is 0.588.